The van der Waals surface area contributed by atoms with Crippen molar-refractivity contribution in [3.8, 4) is 0 Å². The van der Waals surface area contributed by atoms with Gasteiger partial charge in [0.15, 0.2) is 9.84 Å². The first-order chi connectivity index (χ1) is 16.2. The molecule has 1 N–H and O–H groups in total. The number of carbonyl (C=O) groups excluding carboxylic acids is 2. The van der Waals surface area contributed by atoms with E-state index in [-0.39, 0.29) is 26.6 Å². The summed E-state index contributed by atoms with van der Waals surface area (Å²) in [5.74, 6) is -1.12. The molecule has 0 saturated heterocycles. The predicted molar refractivity (Wildman–Crippen MR) is 134 cm³/mol. The smallest absolute Gasteiger partial charge is 0.337 e. The fourth-order valence-corrected chi connectivity index (χ4v) is 6.44. The number of ether oxygens (including phenoxy) is 1. The van der Waals surface area contributed by atoms with Crippen molar-refractivity contribution in [1.29, 1.82) is 0 Å². The van der Waals surface area contributed by atoms with Gasteiger partial charge in [0.1, 0.15) is 0 Å². The summed E-state index contributed by atoms with van der Waals surface area (Å²) in [5.41, 5.74) is 1.94. The number of esters is 1. The summed E-state index contributed by atoms with van der Waals surface area (Å²) in [4.78, 5) is 25.2. The first-order valence-corrected chi connectivity index (χ1v) is 13.1. The number of rotatable bonds is 5. The van der Waals surface area contributed by atoms with Crippen LogP contribution in [0.2, 0.25) is 10.0 Å². The lowest BCUT2D eigenvalue weighted by atomic mass is 10.1. The number of thioether (sulfide) groups is 1. The standard InChI is InChI=1S/C24H17Cl2NO5S2/c1-32-24(29)15-7-5-14(6-8-15)11-22-23(28)27-20-10-9-16(12-21(20)33-22)34(30,31)13-17-18(25)3-2-4-19(17)26/h2-12H,13H2,1H3,(H,27,28)/b22-11+. The van der Waals surface area contributed by atoms with Gasteiger partial charge in [-0.25, -0.2) is 13.2 Å². The highest BCUT2D eigenvalue weighted by molar-refractivity contribution is 8.04. The third-order valence-corrected chi connectivity index (χ3v) is 8.46. The molecule has 0 unspecified atom stereocenters. The van der Waals surface area contributed by atoms with Gasteiger partial charge < -0.3 is 10.1 Å². The van der Waals surface area contributed by atoms with E-state index in [1.54, 1.807) is 54.6 Å². The summed E-state index contributed by atoms with van der Waals surface area (Å²) < 4.78 is 30.8. The number of halogens is 2. The van der Waals surface area contributed by atoms with Crippen LogP contribution < -0.4 is 5.32 Å². The molecule has 0 saturated carbocycles. The summed E-state index contributed by atoms with van der Waals surface area (Å²) in [7, 11) is -2.45. The molecule has 34 heavy (non-hydrogen) atoms. The van der Waals surface area contributed by atoms with Crippen molar-refractivity contribution in [2.45, 2.75) is 15.5 Å². The van der Waals surface area contributed by atoms with Crippen molar-refractivity contribution >= 4 is 68.4 Å². The topological polar surface area (TPSA) is 89.5 Å². The van der Waals surface area contributed by atoms with Crippen molar-refractivity contribution < 1.29 is 22.7 Å². The van der Waals surface area contributed by atoms with Gasteiger partial charge in [0.2, 0.25) is 0 Å². The number of sulfone groups is 1. The van der Waals surface area contributed by atoms with Crippen LogP contribution in [0.15, 0.2) is 75.4 Å². The van der Waals surface area contributed by atoms with E-state index in [0.717, 1.165) is 11.8 Å². The zero-order valence-corrected chi connectivity index (χ0v) is 20.8. The van der Waals surface area contributed by atoms with Gasteiger partial charge in [0.05, 0.1) is 33.9 Å². The van der Waals surface area contributed by atoms with Crippen LogP contribution in [0.3, 0.4) is 0 Å². The molecule has 6 nitrogen and oxygen atoms in total. The Morgan fingerprint density at radius 1 is 1.06 bits per heavy atom. The fourth-order valence-electron chi connectivity index (χ4n) is 3.26. The molecule has 0 spiro atoms. The Balaban J connectivity index is 1.62. The van der Waals surface area contributed by atoms with Crippen LogP contribution in [-0.4, -0.2) is 27.4 Å². The van der Waals surface area contributed by atoms with Gasteiger partial charge >= 0.3 is 5.97 Å². The van der Waals surface area contributed by atoms with Crippen LogP contribution in [0.4, 0.5) is 5.69 Å². The molecule has 1 heterocycles. The molecule has 174 valence electrons. The molecular weight excluding hydrogens is 517 g/mol. The van der Waals surface area contributed by atoms with Crippen molar-refractivity contribution in [1.82, 2.24) is 0 Å². The van der Waals surface area contributed by atoms with Crippen molar-refractivity contribution in [2.24, 2.45) is 0 Å². The van der Waals surface area contributed by atoms with Gasteiger partial charge in [-0.15, -0.1) is 0 Å². The average molecular weight is 534 g/mol. The van der Waals surface area contributed by atoms with Gasteiger partial charge in [-0.1, -0.05) is 53.2 Å². The number of anilines is 1. The largest absolute Gasteiger partial charge is 0.465 e. The van der Waals surface area contributed by atoms with Crippen LogP contribution in [0.5, 0.6) is 0 Å². The lowest BCUT2D eigenvalue weighted by molar-refractivity contribution is -0.112. The molecule has 1 aliphatic rings. The number of benzene rings is 3. The monoisotopic (exact) mass is 533 g/mol. The molecule has 1 amide bonds. The van der Waals surface area contributed by atoms with Gasteiger partial charge in [-0.05, 0) is 54.1 Å². The molecule has 1 aliphatic heterocycles. The molecule has 10 heteroatoms. The van der Waals surface area contributed by atoms with Gasteiger partial charge in [0.25, 0.3) is 5.91 Å². The molecule has 0 aliphatic carbocycles. The molecule has 3 aromatic carbocycles. The number of carbonyl (C=O) groups is 2. The van der Waals surface area contributed by atoms with Crippen LogP contribution in [0.25, 0.3) is 6.08 Å². The Hall–Kier alpha value is -2.78. The van der Waals surface area contributed by atoms with Gasteiger partial charge in [0, 0.05) is 20.5 Å². The van der Waals surface area contributed by atoms with Gasteiger partial charge in [-0.3, -0.25) is 4.79 Å². The summed E-state index contributed by atoms with van der Waals surface area (Å²) >= 11 is 13.5. The Kier molecular flexibility index (Phi) is 7.04. The van der Waals surface area contributed by atoms with Crippen LogP contribution in [0.1, 0.15) is 21.5 Å². The lowest BCUT2D eigenvalue weighted by Crippen LogP contribution is -2.17. The first-order valence-electron chi connectivity index (χ1n) is 9.87. The quantitative estimate of drug-likeness (QED) is 0.327. The average Bonchev–Trinajstić information content (AvgIpc) is 2.81. The first kappa shape index (κ1) is 24.3. The van der Waals surface area contributed by atoms with E-state index in [9.17, 15) is 18.0 Å². The molecule has 0 fully saturated rings. The number of hydrogen-bond acceptors (Lipinski definition) is 6. The maximum absolute atomic E-state index is 13.1. The molecule has 3 aromatic rings. The Labute approximate surface area is 210 Å². The van der Waals surface area contributed by atoms with Crippen molar-refractivity contribution in [3.63, 3.8) is 0 Å². The second-order valence-corrected chi connectivity index (χ2v) is 11.2. The maximum atomic E-state index is 13.1. The van der Waals surface area contributed by atoms with E-state index in [1.807, 2.05) is 0 Å². The van der Waals surface area contributed by atoms with E-state index in [4.69, 9.17) is 23.2 Å². The SMILES string of the molecule is COC(=O)c1ccc(/C=C2/Sc3cc(S(=O)(=O)Cc4c(Cl)cccc4Cl)ccc3NC2=O)cc1. The van der Waals surface area contributed by atoms with E-state index in [2.05, 4.69) is 10.1 Å². The van der Waals surface area contributed by atoms with Crippen LogP contribution >= 0.6 is 35.0 Å². The normalized spacial score (nSPS) is 14.4. The number of methoxy groups -OCH3 is 1. The third-order valence-electron chi connectivity index (χ3n) is 5.03. The van der Waals surface area contributed by atoms with Crippen LogP contribution in [-0.2, 0) is 25.1 Å². The lowest BCUT2D eigenvalue weighted by Gasteiger charge is -2.19. The van der Waals surface area contributed by atoms with Gasteiger partial charge in [-0.2, -0.15) is 0 Å². The minimum absolute atomic E-state index is 0.0904. The molecule has 0 atom stereocenters. The molecule has 0 radical (unpaired) electrons. The minimum atomic E-state index is -3.76. The molecule has 0 aromatic heterocycles. The van der Waals surface area contributed by atoms with Crippen LogP contribution in [0, 0.1) is 0 Å². The highest BCUT2D eigenvalue weighted by Crippen LogP contribution is 2.40. The number of hydrogen-bond donors (Lipinski definition) is 1. The Bertz CT molecular complexity index is 1410. The van der Waals surface area contributed by atoms with E-state index >= 15 is 0 Å². The minimum Gasteiger partial charge on any atom is -0.465 e. The molecule has 0 bridgehead atoms. The summed E-state index contributed by atoms with van der Waals surface area (Å²) in [6.45, 7) is 0. The maximum Gasteiger partial charge on any atom is 0.337 e. The van der Waals surface area contributed by atoms with E-state index < -0.39 is 15.8 Å². The molecular formula is C24H17Cl2NO5S2. The molecule has 4 rings (SSSR count). The Morgan fingerprint density at radius 3 is 2.38 bits per heavy atom. The fraction of sp³-hybridized carbons (Fsp3) is 0.0833. The highest BCUT2D eigenvalue weighted by Gasteiger charge is 2.25. The number of nitrogens with one attached hydrogen (secondary N) is 1. The van der Waals surface area contributed by atoms with Crippen molar-refractivity contribution in [3.05, 3.63) is 92.3 Å². The second kappa shape index (κ2) is 9.84. The Morgan fingerprint density at radius 2 is 1.74 bits per heavy atom. The summed E-state index contributed by atoms with van der Waals surface area (Å²) in [5, 5.41) is 3.33. The second-order valence-electron chi connectivity index (χ2n) is 7.30. The summed E-state index contributed by atoms with van der Waals surface area (Å²) in [6, 6.07) is 15.9. The third kappa shape index (κ3) is 5.15. The summed E-state index contributed by atoms with van der Waals surface area (Å²) in [6.07, 6.45) is 1.66. The highest BCUT2D eigenvalue weighted by atomic mass is 35.5. The number of fused-ring (bicyclic) bond motifs is 1. The zero-order valence-electron chi connectivity index (χ0n) is 17.7. The predicted octanol–water partition coefficient (Wildman–Crippen LogP) is 5.84. The van der Waals surface area contributed by atoms with E-state index in [1.165, 1.54) is 19.2 Å². The van der Waals surface area contributed by atoms with Crippen molar-refractivity contribution in [2.75, 3.05) is 12.4 Å². The zero-order chi connectivity index (χ0) is 24.5. The number of amides is 1. The van der Waals surface area contributed by atoms with E-state index in [0.29, 0.717) is 32.2 Å².